The quantitative estimate of drug-likeness (QED) is 0.845. The van der Waals surface area contributed by atoms with Crippen LogP contribution in [-0.4, -0.2) is 24.0 Å². The van der Waals surface area contributed by atoms with Crippen molar-refractivity contribution in [3.8, 4) is 5.75 Å². The van der Waals surface area contributed by atoms with E-state index < -0.39 is 0 Å². The van der Waals surface area contributed by atoms with Gasteiger partial charge >= 0.3 is 0 Å². The summed E-state index contributed by atoms with van der Waals surface area (Å²) in [7, 11) is 1.55. The molecule has 1 aromatic heterocycles. The fraction of sp³-hybridized carbons (Fsp3) is 0.333. The van der Waals surface area contributed by atoms with Crippen LogP contribution in [-0.2, 0) is 0 Å². The molecule has 0 unspecified atom stereocenters. The van der Waals surface area contributed by atoms with Crippen molar-refractivity contribution in [2.75, 3.05) is 17.7 Å². The van der Waals surface area contributed by atoms with Crippen LogP contribution in [0.2, 0.25) is 5.02 Å². The van der Waals surface area contributed by atoms with Gasteiger partial charge in [-0.25, -0.2) is 0 Å². The van der Waals surface area contributed by atoms with Crippen LogP contribution in [0.15, 0.2) is 36.5 Å². The summed E-state index contributed by atoms with van der Waals surface area (Å²) >= 11 is 6.08. The Morgan fingerprint density at radius 2 is 2.00 bits per heavy atom. The second kappa shape index (κ2) is 7.53. The molecular weight excluding hydrogens is 326 g/mol. The fourth-order valence-corrected chi connectivity index (χ4v) is 3.15. The first-order valence-corrected chi connectivity index (χ1v) is 8.41. The molecule has 24 heavy (non-hydrogen) atoms. The molecule has 0 saturated heterocycles. The molecule has 1 fully saturated rings. The third-order valence-electron chi connectivity index (χ3n) is 4.13. The molecule has 2 N–H and O–H groups in total. The Morgan fingerprint density at radius 1 is 1.21 bits per heavy atom. The molecule has 1 amide bonds. The molecule has 1 aromatic carbocycles. The van der Waals surface area contributed by atoms with Gasteiger partial charge in [-0.05, 0) is 43.2 Å². The van der Waals surface area contributed by atoms with E-state index in [0.717, 1.165) is 5.69 Å². The predicted octanol–water partition coefficient (Wildman–Crippen LogP) is 4.35. The van der Waals surface area contributed by atoms with Crippen LogP contribution >= 0.6 is 11.6 Å². The van der Waals surface area contributed by atoms with Gasteiger partial charge in [0.2, 0.25) is 0 Å². The Labute approximate surface area is 146 Å². The van der Waals surface area contributed by atoms with Crippen molar-refractivity contribution in [2.45, 2.75) is 31.7 Å². The van der Waals surface area contributed by atoms with Gasteiger partial charge in [0.05, 0.1) is 12.1 Å². The van der Waals surface area contributed by atoms with Gasteiger partial charge < -0.3 is 15.4 Å². The Kier molecular flexibility index (Phi) is 5.20. The van der Waals surface area contributed by atoms with Crippen LogP contribution in [0.1, 0.15) is 36.2 Å². The fourth-order valence-electron chi connectivity index (χ4n) is 2.89. The Hall–Kier alpha value is -2.27. The molecule has 6 heteroatoms. The van der Waals surface area contributed by atoms with Crippen molar-refractivity contribution < 1.29 is 9.53 Å². The predicted molar refractivity (Wildman–Crippen MR) is 96.1 cm³/mol. The summed E-state index contributed by atoms with van der Waals surface area (Å²) in [6.07, 6.45) is 6.51. The number of methoxy groups -OCH3 is 1. The topological polar surface area (TPSA) is 63.2 Å². The monoisotopic (exact) mass is 345 g/mol. The summed E-state index contributed by atoms with van der Waals surface area (Å²) in [6.45, 7) is 0. The maximum atomic E-state index is 12.4. The summed E-state index contributed by atoms with van der Waals surface area (Å²) in [4.78, 5) is 16.6. The smallest absolute Gasteiger partial charge is 0.274 e. The minimum atomic E-state index is -0.272. The van der Waals surface area contributed by atoms with Crippen LogP contribution in [0.3, 0.4) is 0 Å². The van der Waals surface area contributed by atoms with Crippen molar-refractivity contribution in [2.24, 2.45) is 0 Å². The van der Waals surface area contributed by atoms with Crippen molar-refractivity contribution in [1.29, 1.82) is 0 Å². The molecule has 1 aliphatic carbocycles. The summed E-state index contributed by atoms with van der Waals surface area (Å²) in [5, 5.41) is 6.71. The van der Waals surface area contributed by atoms with Gasteiger partial charge in [0, 0.05) is 23.6 Å². The van der Waals surface area contributed by atoms with Crippen molar-refractivity contribution in [3.05, 3.63) is 47.2 Å². The molecule has 0 spiro atoms. The molecule has 126 valence electrons. The second-order valence-corrected chi connectivity index (χ2v) is 6.27. The first-order valence-electron chi connectivity index (χ1n) is 8.03. The van der Waals surface area contributed by atoms with Crippen molar-refractivity contribution in [3.63, 3.8) is 0 Å². The van der Waals surface area contributed by atoms with Gasteiger partial charge in [0.25, 0.3) is 5.91 Å². The van der Waals surface area contributed by atoms with E-state index in [2.05, 4.69) is 15.6 Å². The number of aromatic nitrogens is 1. The lowest BCUT2D eigenvalue weighted by atomic mass is 10.2. The van der Waals surface area contributed by atoms with Crippen LogP contribution in [0.4, 0.5) is 11.4 Å². The van der Waals surface area contributed by atoms with E-state index in [9.17, 15) is 4.79 Å². The molecule has 0 radical (unpaired) electrons. The van der Waals surface area contributed by atoms with Gasteiger partial charge in [0.15, 0.2) is 0 Å². The van der Waals surface area contributed by atoms with Crippen LogP contribution in [0.5, 0.6) is 5.75 Å². The third kappa shape index (κ3) is 3.97. The van der Waals surface area contributed by atoms with Gasteiger partial charge in [-0.15, -0.1) is 0 Å². The lowest BCUT2D eigenvalue weighted by Crippen LogP contribution is -2.17. The second-order valence-electron chi connectivity index (χ2n) is 5.86. The number of pyridine rings is 1. The number of nitrogens with zero attached hydrogens (tertiary/aromatic N) is 1. The molecule has 1 aliphatic rings. The van der Waals surface area contributed by atoms with Gasteiger partial charge in [-0.1, -0.05) is 24.4 Å². The molecular formula is C18H20ClN3O2. The number of carbonyl (C=O) groups is 1. The highest BCUT2D eigenvalue weighted by Gasteiger charge is 2.15. The normalized spacial score (nSPS) is 14.4. The summed E-state index contributed by atoms with van der Waals surface area (Å²) < 4.78 is 5.10. The van der Waals surface area contributed by atoms with Gasteiger partial charge in [-0.2, -0.15) is 0 Å². The standard InChI is InChI=1S/C18H20ClN3O2/c1-24-17-7-6-13(10-15(17)19)22-18(23)16-11-14(8-9-20-16)21-12-4-2-3-5-12/h6-12H,2-5H2,1H3,(H,20,21)(H,22,23). The van der Waals surface area contributed by atoms with E-state index in [1.807, 2.05) is 6.07 Å². The largest absolute Gasteiger partial charge is 0.495 e. The number of amides is 1. The minimum absolute atomic E-state index is 0.272. The van der Waals surface area contributed by atoms with Gasteiger partial charge in [0.1, 0.15) is 11.4 Å². The molecule has 1 saturated carbocycles. The highest BCUT2D eigenvalue weighted by molar-refractivity contribution is 6.32. The Bertz CT molecular complexity index is 730. The number of carbonyl (C=O) groups excluding carboxylic acids is 1. The highest BCUT2D eigenvalue weighted by Crippen LogP contribution is 2.27. The average molecular weight is 346 g/mol. The van der Waals surface area contributed by atoms with Gasteiger partial charge in [-0.3, -0.25) is 9.78 Å². The summed E-state index contributed by atoms with van der Waals surface area (Å²) in [5.41, 5.74) is 1.89. The van der Waals surface area contributed by atoms with E-state index in [-0.39, 0.29) is 5.91 Å². The maximum absolute atomic E-state index is 12.4. The summed E-state index contributed by atoms with van der Waals surface area (Å²) in [5.74, 6) is 0.293. The number of benzene rings is 1. The van der Waals surface area contributed by atoms with E-state index in [4.69, 9.17) is 16.3 Å². The van der Waals surface area contributed by atoms with E-state index >= 15 is 0 Å². The van der Waals surface area contributed by atoms with E-state index in [0.29, 0.717) is 28.2 Å². The number of rotatable bonds is 5. The summed E-state index contributed by atoms with van der Waals surface area (Å²) in [6, 6.07) is 9.26. The maximum Gasteiger partial charge on any atom is 0.274 e. The van der Waals surface area contributed by atoms with Crippen molar-refractivity contribution in [1.82, 2.24) is 4.98 Å². The van der Waals surface area contributed by atoms with Crippen LogP contribution < -0.4 is 15.4 Å². The Balaban J connectivity index is 1.69. The number of nitrogens with one attached hydrogen (secondary N) is 2. The van der Waals surface area contributed by atoms with Crippen LogP contribution in [0, 0.1) is 0 Å². The molecule has 2 aromatic rings. The molecule has 5 nitrogen and oxygen atoms in total. The third-order valence-corrected chi connectivity index (χ3v) is 4.42. The van der Waals surface area contributed by atoms with Crippen LogP contribution in [0.25, 0.3) is 0 Å². The molecule has 0 atom stereocenters. The minimum Gasteiger partial charge on any atom is -0.495 e. The molecule has 1 heterocycles. The Morgan fingerprint density at radius 3 is 2.71 bits per heavy atom. The number of hydrogen-bond acceptors (Lipinski definition) is 4. The zero-order valence-electron chi connectivity index (χ0n) is 13.5. The van der Waals surface area contributed by atoms with E-state index in [1.54, 1.807) is 37.6 Å². The highest BCUT2D eigenvalue weighted by atomic mass is 35.5. The average Bonchev–Trinajstić information content (AvgIpc) is 3.08. The first-order chi connectivity index (χ1) is 11.7. The number of hydrogen-bond donors (Lipinski definition) is 2. The first kappa shape index (κ1) is 16.6. The molecule has 0 bridgehead atoms. The molecule has 0 aliphatic heterocycles. The molecule has 3 rings (SSSR count). The lowest BCUT2D eigenvalue weighted by Gasteiger charge is -2.14. The lowest BCUT2D eigenvalue weighted by molar-refractivity contribution is 0.102. The number of halogens is 1. The number of ether oxygens (including phenoxy) is 1. The zero-order valence-corrected chi connectivity index (χ0v) is 14.3. The SMILES string of the molecule is COc1ccc(NC(=O)c2cc(NC3CCCC3)ccn2)cc1Cl. The zero-order chi connectivity index (χ0) is 16.9. The van der Waals surface area contributed by atoms with E-state index in [1.165, 1.54) is 25.7 Å². The van der Waals surface area contributed by atoms with Crippen molar-refractivity contribution >= 4 is 28.9 Å². The number of anilines is 2.